The van der Waals surface area contributed by atoms with E-state index < -0.39 is 0 Å². The van der Waals surface area contributed by atoms with Crippen molar-refractivity contribution in [2.75, 3.05) is 33.4 Å². The molecule has 0 unspecified atom stereocenters. The third-order valence-electron chi connectivity index (χ3n) is 2.20. The van der Waals surface area contributed by atoms with Crippen LogP contribution in [0.5, 0.6) is 0 Å². The molecule has 1 aliphatic rings. The Labute approximate surface area is 74.6 Å². The predicted octanol–water partition coefficient (Wildman–Crippen LogP) is 0.742. The number of likely N-dealkylation sites (N-methyl/N-ethyl adjacent to an activating group) is 1. The van der Waals surface area contributed by atoms with Crippen LogP contribution in [0.4, 0.5) is 0 Å². The second-order valence-electron chi connectivity index (χ2n) is 3.38. The van der Waals surface area contributed by atoms with Crippen molar-refractivity contribution in [2.45, 2.75) is 26.1 Å². The Bertz CT molecular complexity index is 130. The van der Waals surface area contributed by atoms with E-state index in [-0.39, 0.29) is 6.10 Å². The zero-order valence-corrected chi connectivity index (χ0v) is 8.25. The van der Waals surface area contributed by atoms with Gasteiger partial charge in [0.15, 0.2) is 0 Å². The first kappa shape index (κ1) is 9.96. The van der Waals surface area contributed by atoms with Crippen LogP contribution in [0.1, 0.15) is 13.8 Å². The van der Waals surface area contributed by atoms with Crippen molar-refractivity contribution in [1.29, 1.82) is 0 Å². The molecule has 0 aromatic rings. The molecule has 1 saturated heterocycles. The summed E-state index contributed by atoms with van der Waals surface area (Å²) in [6, 6.07) is 0. The molecule has 1 aliphatic heterocycles. The van der Waals surface area contributed by atoms with Crippen molar-refractivity contribution in [1.82, 2.24) is 4.90 Å². The van der Waals surface area contributed by atoms with Gasteiger partial charge in [0.1, 0.15) is 0 Å². The van der Waals surface area contributed by atoms with Crippen LogP contribution in [0.15, 0.2) is 0 Å². The van der Waals surface area contributed by atoms with E-state index in [0.29, 0.717) is 12.7 Å². The summed E-state index contributed by atoms with van der Waals surface area (Å²) in [6.07, 6.45) is 0.609. The summed E-state index contributed by atoms with van der Waals surface area (Å²) in [4.78, 5) is 2.40. The lowest BCUT2D eigenvalue weighted by Crippen LogP contribution is -2.47. The van der Waals surface area contributed by atoms with E-state index in [1.165, 1.54) is 0 Å². The first-order chi connectivity index (χ1) is 5.76. The van der Waals surface area contributed by atoms with Crippen LogP contribution >= 0.6 is 0 Å². The minimum atomic E-state index is 0.263. The second-order valence-corrected chi connectivity index (χ2v) is 3.38. The molecule has 0 amide bonds. The lowest BCUT2D eigenvalue weighted by atomic mass is 10.2. The third-order valence-corrected chi connectivity index (χ3v) is 2.20. The average Bonchev–Trinajstić information content (AvgIpc) is 2.04. The van der Waals surface area contributed by atoms with E-state index in [2.05, 4.69) is 18.7 Å². The summed E-state index contributed by atoms with van der Waals surface area (Å²) in [5.41, 5.74) is 0. The highest BCUT2D eigenvalue weighted by atomic mass is 16.5. The molecule has 1 heterocycles. The van der Waals surface area contributed by atoms with Gasteiger partial charge in [0.05, 0.1) is 18.8 Å². The SMILES string of the molecule is CCN1C[C@H](COC)O[C@H](C)C1. The van der Waals surface area contributed by atoms with Crippen molar-refractivity contribution in [3.63, 3.8) is 0 Å². The Balaban J connectivity index is 2.34. The summed E-state index contributed by atoms with van der Waals surface area (Å²) in [7, 11) is 1.72. The Hall–Kier alpha value is -0.120. The standard InChI is InChI=1S/C9H19NO2/c1-4-10-5-8(2)12-9(6-10)7-11-3/h8-9H,4-7H2,1-3H3/t8-,9-/m1/s1. The lowest BCUT2D eigenvalue weighted by Gasteiger charge is -2.35. The fourth-order valence-electron chi connectivity index (χ4n) is 1.68. The number of hydrogen-bond donors (Lipinski definition) is 0. The van der Waals surface area contributed by atoms with Gasteiger partial charge in [0.2, 0.25) is 0 Å². The van der Waals surface area contributed by atoms with Gasteiger partial charge in [-0.25, -0.2) is 0 Å². The van der Waals surface area contributed by atoms with Gasteiger partial charge >= 0.3 is 0 Å². The molecule has 0 radical (unpaired) electrons. The van der Waals surface area contributed by atoms with Crippen molar-refractivity contribution in [3.05, 3.63) is 0 Å². The van der Waals surface area contributed by atoms with E-state index in [0.717, 1.165) is 19.6 Å². The maximum atomic E-state index is 5.69. The van der Waals surface area contributed by atoms with Gasteiger partial charge in [-0.3, -0.25) is 4.90 Å². The summed E-state index contributed by atoms with van der Waals surface area (Å²) in [5.74, 6) is 0. The number of rotatable bonds is 3. The molecule has 1 fully saturated rings. The van der Waals surface area contributed by atoms with E-state index in [9.17, 15) is 0 Å². The monoisotopic (exact) mass is 173 g/mol. The Kier molecular flexibility index (Phi) is 3.98. The third kappa shape index (κ3) is 2.73. The van der Waals surface area contributed by atoms with Crippen LogP contribution in [0, 0.1) is 0 Å². The molecule has 72 valence electrons. The number of ether oxygens (including phenoxy) is 2. The molecule has 2 atom stereocenters. The smallest absolute Gasteiger partial charge is 0.0939 e. The molecule has 3 nitrogen and oxygen atoms in total. The quantitative estimate of drug-likeness (QED) is 0.628. The summed E-state index contributed by atoms with van der Waals surface area (Å²) < 4.78 is 10.8. The Morgan fingerprint density at radius 2 is 2.25 bits per heavy atom. The minimum absolute atomic E-state index is 0.263. The fraction of sp³-hybridized carbons (Fsp3) is 1.00. The van der Waals surface area contributed by atoms with Crippen LogP contribution in [0.3, 0.4) is 0 Å². The lowest BCUT2D eigenvalue weighted by molar-refractivity contribution is -0.0996. The molecule has 0 aromatic heterocycles. The highest BCUT2D eigenvalue weighted by Crippen LogP contribution is 2.10. The van der Waals surface area contributed by atoms with Crippen LogP contribution in [0.2, 0.25) is 0 Å². The molecule has 0 aliphatic carbocycles. The number of methoxy groups -OCH3 is 1. The van der Waals surface area contributed by atoms with Crippen molar-refractivity contribution >= 4 is 0 Å². The molecule has 0 aromatic carbocycles. The van der Waals surface area contributed by atoms with Crippen LogP contribution < -0.4 is 0 Å². The molecule has 3 heteroatoms. The van der Waals surface area contributed by atoms with E-state index in [1.54, 1.807) is 7.11 Å². The van der Waals surface area contributed by atoms with Crippen LogP contribution in [-0.4, -0.2) is 50.5 Å². The topological polar surface area (TPSA) is 21.7 Å². The number of hydrogen-bond acceptors (Lipinski definition) is 3. The maximum absolute atomic E-state index is 5.69. The second kappa shape index (κ2) is 4.80. The highest BCUT2D eigenvalue weighted by Gasteiger charge is 2.23. The molecule has 12 heavy (non-hydrogen) atoms. The molecular formula is C9H19NO2. The number of morpholine rings is 1. The van der Waals surface area contributed by atoms with Gasteiger partial charge < -0.3 is 9.47 Å². The van der Waals surface area contributed by atoms with Gasteiger partial charge in [0, 0.05) is 20.2 Å². The Morgan fingerprint density at radius 3 is 2.83 bits per heavy atom. The zero-order chi connectivity index (χ0) is 8.97. The van der Waals surface area contributed by atoms with Gasteiger partial charge in [-0.1, -0.05) is 6.92 Å². The molecular weight excluding hydrogens is 154 g/mol. The molecule has 0 bridgehead atoms. The van der Waals surface area contributed by atoms with E-state index >= 15 is 0 Å². The maximum Gasteiger partial charge on any atom is 0.0939 e. The van der Waals surface area contributed by atoms with Crippen LogP contribution in [0.25, 0.3) is 0 Å². The van der Waals surface area contributed by atoms with Gasteiger partial charge in [-0.15, -0.1) is 0 Å². The largest absolute Gasteiger partial charge is 0.382 e. The number of nitrogens with zero attached hydrogens (tertiary/aromatic N) is 1. The minimum Gasteiger partial charge on any atom is -0.382 e. The van der Waals surface area contributed by atoms with Crippen LogP contribution in [-0.2, 0) is 9.47 Å². The summed E-state index contributed by atoms with van der Waals surface area (Å²) in [6.45, 7) is 8.17. The average molecular weight is 173 g/mol. The first-order valence-electron chi connectivity index (χ1n) is 4.63. The molecule has 0 spiro atoms. The zero-order valence-electron chi connectivity index (χ0n) is 8.25. The van der Waals surface area contributed by atoms with Gasteiger partial charge in [0.25, 0.3) is 0 Å². The van der Waals surface area contributed by atoms with E-state index in [1.807, 2.05) is 0 Å². The van der Waals surface area contributed by atoms with Crippen molar-refractivity contribution in [3.8, 4) is 0 Å². The Morgan fingerprint density at radius 1 is 1.50 bits per heavy atom. The summed E-state index contributed by atoms with van der Waals surface area (Å²) in [5, 5.41) is 0. The van der Waals surface area contributed by atoms with Crippen molar-refractivity contribution in [2.24, 2.45) is 0 Å². The molecule has 0 N–H and O–H groups in total. The molecule has 1 rings (SSSR count). The van der Waals surface area contributed by atoms with E-state index in [4.69, 9.17) is 9.47 Å². The fourth-order valence-corrected chi connectivity index (χ4v) is 1.68. The van der Waals surface area contributed by atoms with Crippen molar-refractivity contribution < 1.29 is 9.47 Å². The predicted molar refractivity (Wildman–Crippen MR) is 48.3 cm³/mol. The normalized spacial score (nSPS) is 32.2. The summed E-state index contributed by atoms with van der Waals surface area (Å²) >= 11 is 0. The first-order valence-corrected chi connectivity index (χ1v) is 4.63. The van der Waals surface area contributed by atoms with Gasteiger partial charge in [-0.05, 0) is 13.5 Å². The molecule has 0 saturated carbocycles. The van der Waals surface area contributed by atoms with Gasteiger partial charge in [-0.2, -0.15) is 0 Å². The highest BCUT2D eigenvalue weighted by molar-refractivity contribution is 4.74.